The summed E-state index contributed by atoms with van der Waals surface area (Å²) in [4.78, 5) is 36.3. The minimum Gasteiger partial charge on any atom is -0.368 e. The molecule has 0 aromatic carbocycles. The predicted octanol–water partition coefficient (Wildman–Crippen LogP) is -0.869. The maximum absolute atomic E-state index is 12.3. The van der Waals surface area contributed by atoms with E-state index < -0.39 is 17.5 Å². The van der Waals surface area contributed by atoms with Crippen molar-refractivity contribution in [2.24, 2.45) is 5.73 Å². The van der Waals surface area contributed by atoms with Gasteiger partial charge in [0.1, 0.15) is 11.6 Å². The van der Waals surface area contributed by atoms with Gasteiger partial charge in [0.15, 0.2) is 0 Å². The lowest BCUT2D eigenvalue weighted by Crippen LogP contribution is -2.56. The topological polar surface area (TPSA) is 92.5 Å². The molecular formula is C11H17N3O3. The Bertz CT molecular complexity index is 382. The van der Waals surface area contributed by atoms with E-state index in [2.05, 4.69) is 5.32 Å². The Hall–Kier alpha value is -1.59. The summed E-state index contributed by atoms with van der Waals surface area (Å²) in [5.74, 6) is -0.774. The average Bonchev–Trinajstić information content (AvgIpc) is 2.85. The quantitative estimate of drug-likeness (QED) is 0.656. The van der Waals surface area contributed by atoms with Crippen LogP contribution in [0.1, 0.15) is 32.6 Å². The number of likely N-dealkylation sites (tertiary alicyclic amines) is 1. The molecule has 0 aromatic heterocycles. The van der Waals surface area contributed by atoms with Crippen molar-refractivity contribution in [2.45, 2.75) is 44.2 Å². The van der Waals surface area contributed by atoms with Gasteiger partial charge < -0.3 is 16.0 Å². The monoisotopic (exact) mass is 239 g/mol. The van der Waals surface area contributed by atoms with Crippen LogP contribution in [0.25, 0.3) is 0 Å². The second-order valence-electron chi connectivity index (χ2n) is 4.94. The number of nitrogens with two attached hydrogens (primary N) is 1. The van der Waals surface area contributed by atoms with Gasteiger partial charge >= 0.3 is 0 Å². The highest BCUT2D eigenvalue weighted by Crippen LogP contribution is 2.26. The Morgan fingerprint density at radius 3 is 2.76 bits per heavy atom. The van der Waals surface area contributed by atoms with Crippen molar-refractivity contribution in [1.82, 2.24) is 10.2 Å². The summed E-state index contributed by atoms with van der Waals surface area (Å²) in [6.45, 7) is 2.24. The van der Waals surface area contributed by atoms with Gasteiger partial charge in [-0.1, -0.05) is 0 Å². The molecule has 2 atom stereocenters. The molecule has 94 valence electrons. The summed E-state index contributed by atoms with van der Waals surface area (Å²) in [5.41, 5.74) is 4.41. The van der Waals surface area contributed by atoms with E-state index in [1.807, 2.05) is 0 Å². The van der Waals surface area contributed by atoms with Gasteiger partial charge in [-0.05, 0) is 26.2 Å². The van der Waals surface area contributed by atoms with Crippen LogP contribution in [0.4, 0.5) is 0 Å². The SMILES string of the molecule is CC1(C(=O)N2CCCC2C(N)=O)CCC(=O)N1. The molecule has 17 heavy (non-hydrogen) atoms. The summed E-state index contributed by atoms with van der Waals surface area (Å²) in [7, 11) is 0. The van der Waals surface area contributed by atoms with Gasteiger partial charge in [0.25, 0.3) is 0 Å². The van der Waals surface area contributed by atoms with E-state index in [4.69, 9.17) is 5.73 Å². The Morgan fingerprint density at radius 1 is 1.53 bits per heavy atom. The predicted molar refractivity (Wildman–Crippen MR) is 59.7 cm³/mol. The van der Waals surface area contributed by atoms with Crippen molar-refractivity contribution < 1.29 is 14.4 Å². The highest BCUT2D eigenvalue weighted by atomic mass is 16.2. The first-order chi connectivity index (χ1) is 7.94. The van der Waals surface area contributed by atoms with Crippen LogP contribution in [0, 0.1) is 0 Å². The molecule has 0 bridgehead atoms. The average molecular weight is 239 g/mol. The summed E-state index contributed by atoms with van der Waals surface area (Å²) in [5, 5.41) is 2.68. The van der Waals surface area contributed by atoms with Crippen LogP contribution in [0.3, 0.4) is 0 Å². The molecule has 2 fully saturated rings. The first kappa shape index (κ1) is 11.9. The third kappa shape index (κ3) is 1.99. The van der Waals surface area contributed by atoms with Crippen molar-refractivity contribution >= 4 is 17.7 Å². The number of carbonyl (C=O) groups is 3. The van der Waals surface area contributed by atoms with Crippen LogP contribution in [0.15, 0.2) is 0 Å². The Balaban J connectivity index is 2.14. The molecule has 0 spiro atoms. The van der Waals surface area contributed by atoms with Crippen molar-refractivity contribution in [3.63, 3.8) is 0 Å². The van der Waals surface area contributed by atoms with Gasteiger partial charge in [-0.15, -0.1) is 0 Å². The lowest BCUT2D eigenvalue weighted by molar-refractivity contribution is -0.142. The maximum atomic E-state index is 12.3. The van der Waals surface area contributed by atoms with Crippen LogP contribution >= 0.6 is 0 Å². The smallest absolute Gasteiger partial charge is 0.248 e. The molecule has 2 heterocycles. The molecule has 6 nitrogen and oxygen atoms in total. The van der Waals surface area contributed by atoms with E-state index in [0.29, 0.717) is 25.8 Å². The fourth-order valence-corrected chi connectivity index (χ4v) is 2.58. The lowest BCUT2D eigenvalue weighted by atomic mass is 9.98. The first-order valence-electron chi connectivity index (χ1n) is 5.85. The van der Waals surface area contributed by atoms with Crippen LogP contribution in [0.5, 0.6) is 0 Å². The lowest BCUT2D eigenvalue weighted by Gasteiger charge is -2.31. The standard InChI is InChI=1S/C11H17N3O3/c1-11(5-4-8(15)13-11)10(17)14-6-2-3-7(14)9(12)16/h7H,2-6H2,1H3,(H2,12,16)(H,13,15). The van der Waals surface area contributed by atoms with E-state index in [0.717, 1.165) is 6.42 Å². The van der Waals surface area contributed by atoms with Crippen LogP contribution in [0.2, 0.25) is 0 Å². The fraction of sp³-hybridized carbons (Fsp3) is 0.727. The summed E-state index contributed by atoms with van der Waals surface area (Å²) in [6, 6.07) is -0.517. The van der Waals surface area contributed by atoms with E-state index in [-0.39, 0.29) is 11.8 Å². The van der Waals surface area contributed by atoms with Gasteiger partial charge in [-0.3, -0.25) is 14.4 Å². The Labute approximate surface area is 99.5 Å². The molecule has 2 aliphatic rings. The molecule has 6 heteroatoms. The van der Waals surface area contributed by atoms with Crippen molar-refractivity contribution in [3.8, 4) is 0 Å². The molecular weight excluding hydrogens is 222 g/mol. The zero-order valence-corrected chi connectivity index (χ0v) is 9.86. The summed E-state index contributed by atoms with van der Waals surface area (Å²) in [6.07, 6.45) is 2.23. The van der Waals surface area contributed by atoms with Gasteiger partial charge in [0, 0.05) is 13.0 Å². The summed E-state index contributed by atoms with van der Waals surface area (Å²) < 4.78 is 0. The van der Waals surface area contributed by atoms with E-state index >= 15 is 0 Å². The highest BCUT2D eigenvalue weighted by molar-refractivity contribution is 5.96. The van der Waals surface area contributed by atoms with Crippen molar-refractivity contribution in [3.05, 3.63) is 0 Å². The molecule has 2 saturated heterocycles. The zero-order valence-electron chi connectivity index (χ0n) is 9.86. The molecule has 0 aromatic rings. The minimum absolute atomic E-state index is 0.115. The van der Waals surface area contributed by atoms with Crippen molar-refractivity contribution in [2.75, 3.05) is 6.54 Å². The van der Waals surface area contributed by atoms with Crippen LogP contribution in [-0.2, 0) is 14.4 Å². The molecule has 0 radical (unpaired) electrons. The van der Waals surface area contributed by atoms with Crippen LogP contribution < -0.4 is 11.1 Å². The number of hydrogen-bond donors (Lipinski definition) is 2. The largest absolute Gasteiger partial charge is 0.368 e. The molecule has 0 saturated carbocycles. The third-order valence-electron chi connectivity index (χ3n) is 3.58. The number of nitrogens with one attached hydrogen (secondary N) is 1. The molecule has 2 unspecified atom stereocenters. The maximum Gasteiger partial charge on any atom is 0.248 e. The van der Waals surface area contributed by atoms with Gasteiger partial charge in [-0.2, -0.15) is 0 Å². The number of rotatable bonds is 2. The number of nitrogens with zero attached hydrogens (tertiary/aromatic N) is 1. The molecule has 3 amide bonds. The minimum atomic E-state index is -0.866. The van der Waals surface area contributed by atoms with E-state index in [1.54, 1.807) is 6.92 Å². The second kappa shape index (κ2) is 4.01. The number of primary amides is 1. The number of amides is 3. The molecule has 0 aliphatic carbocycles. The van der Waals surface area contributed by atoms with Gasteiger partial charge in [0.2, 0.25) is 17.7 Å². The number of hydrogen-bond acceptors (Lipinski definition) is 3. The highest BCUT2D eigenvalue weighted by Gasteiger charge is 2.46. The van der Waals surface area contributed by atoms with Crippen LogP contribution in [-0.4, -0.2) is 40.7 Å². The Kier molecular flexibility index (Phi) is 2.81. The van der Waals surface area contributed by atoms with Gasteiger partial charge in [-0.25, -0.2) is 0 Å². The van der Waals surface area contributed by atoms with E-state index in [9.17, 15) is 14.4 Å². The van der Waals surface area contributed by atoms with Gasteiger partial charge in [0.05, 0.1) is 0 Å². The summed E-state index contributed by atoms with van der Waals surface area (Å²) >= 11 is 0. The molecule has 2 rings (SSSR count). The van der Waals surface area contributed by atoms with E-state index in [1.165, 1.54) is 4.90 Å². The molecule has 2 aliphatic heterocycles. The normalized spacial score (nSPS) is 32.6. The fourth-order valence-electron chi connectivity index (χ4n) is 2.58. The molecule has 3 N–H and O–H groups in total. The second-order valence-corrected chi connectivity index (χ2v) is 4.94. The Morgan fingerprint density at radius 2 is 2.24 bits per heavy atom. The third-order valence-corrected chi connectivity index (χ3v) is 3.58. The number of carbonyl (C=O) groups excluding carboxylic acids is 3. The zero-order chi connectivity index (χ0) is 12.6. The first-order valence-corrected chi connectivity index (χ1v) is 5.85. The van der Waals surface area contributed by atoms with Crippen molar-refractivity contribution in [1.29, 1.82) is 0 Å².